The highest BCUT2D eigenvalue weighted by Crippen LogP contribution is 2.26. The van der Waals surface area contributed by atoms with E-state index >= 15 is 0 Å². The maximum Gasteiger partial charge on any atom is 0.252 e. The number of primary amides is 1. The van der Waals surface area contributed by atoms with Crippen molar-refractivity contribution in [3.63, 3.8) is 0 Å². The van der Waals surface area contributed by atoms with Crippen LogP contribution in [0.15, 0.2) is 24.5 Å². The first-order valence-electron chi connectivity index (χ1n) is 8.44. The summed E-state index contributed by atoms with van der Waals surface area (Å²) in [5.74, 6) is -1.31. The molecule has 9 heteroatoms. The second kappa shape index (κ2) is 7.52. The van der Waals surface area contributed by atoms with E-state index in [9.17, 15) is 9.18 Å². The fraction of sp³-hybridized carbons (Fsp3) is 0.353. The van der Waals surface area contributed by atoms with E-state index in [0.29, 0.717) is 11.4 Å². The van der Waals surface area contributed by atoms with Gasteiger partial charge in [-0.25, -0.2) is 9.37 Å². The van der Waals surface area contributed by atoms with Crippen molar-refractivity contribution in [3.8, 4) is 0 Å². The van der Waals surface area contributed by atoms with Gasteiger partial charge in [0, 0.05) is 18.3 Å². The van der Waals surface area contributed by atoms with Gasteiger partial charge in [-0.3, -0.25) is 9.78 Å². The van der Waals surface area contributed by atoms with Gasteiger partial charge in [0.15, 0.2) is 11.6 Å². The molecule has 3 rings (SSSR count). The zero-order valence-electron chi connectivity index (χ0n) is 14.2. The van der Waals surface area contributed by atoms with Crippen molar-refractivity contribution in [1.29, 1.82) is 0 Å². The Morgan fingerprint density at radius 2 is 1.96 bits per heavy atom. The zero-order chi connectivity index (χ0) is 18.7. The van der Waals surface area contributed by atoms with Gasteiger partial charge in [0.05, 0.1) is 23.1 Å². The highest BCUT2D eigenvalue weighted by atomic mass is 19.1. The number of aromatic nitrogens is 2. The summed E-state index contributed by atoms with van der Waals surface area (Å²) in [4.78, 5) is 19.9. The summed E-state index contributed by atoms with van der Waals surface area (Å²) >= 11 is 0. The summed E-state index contributed by atoms with van der Waals surface area (Å²) in [7, 11) is 0. The number of nitrogens with one attached hydrogen (secondary N) is 2. The number of hydrogen-bond donors (Lipinski definition) is 5. The van der Waals surface area contributed by atoms with Gasteiger partial charge in [0.1, 0.15) is 5.82 Å². The van der Waals surface area contributed by atoms with E-state index in [-0.39, 0.29) is 29.3 Å². The van der Waals surface area contributed by atoms with Crippen LogP contribution in [0.25, 0.3) is 0 Å². The third-order valence-corrected chi connectivity index (χ3v) is 4.41. The van der Waals surface area contributed by atoms with Gasteiger partial charge in [-0.05, 0) is 25.0 Å². The lowest BCUT2D eigenvalue weighted by atomic mass is 9.91. The molecule has 0 radical (unpaired) electrons. The molecule has 26 heavy (non-hydrogen) atoms. The minimum atomic E-state index is -0.795. The number of amides is 1. The van der Waals surface area contributed by atoms with E-state index < -0.39 is 11.7 Å². The van der Waals surface area contributed by atoms with Crippen LogP contribution in [0.4, 0.5) is 27.4 Å². The molecule has 0 aromatic carbocycles. The van der Waals surface area contributed by atoms with Crippen molar-refractivity contribution in [2.75, 3.05) is 16.4 Å². The predicted octanol–water partition coefficient (Wildman–Crippen LogP) is 1.72. The van der Waals surface area contributed by atoms with Crippen molar-refractivity contribution in [3.05, 3.63) is 35.9 Å². The van der Waals surface area contributed by atoms with Crippen LogP contribution in [0, 0.1) is 5.82 Å². The predicted molar refractivity (Wildman–Crippen MR) is 98.5 cm³/mol. The molecule has 0 bridgehead atoms. The minimum Gasteiger partial charge on any atom is -0.397 e. The van der Waals surface area contributed by atoms with Crippen LogP contribution < -0.4 is 27.8 Å². The Kier molecular flexibility index (Phi) is 5.17. The highest BCUT2D eigenvalue weighted by Gasteiger charge is 2.24. The molecule has 2 aromatic heterocycles. The third kappa shape index (κ3) is 3.99. The molecule has 2 aromatic rings. The minimum absolute atomic E-state index is 0.0247. The number of pyridine rings is 2. The molecule has 2 atom stereocenters. The molecule has 8 N–H and O–H groups in total. The fourth-order valence-electron chi connectivity index (χ4n) is 3.05. The van der Waals surface area contributed by atoms with Crippen LogP contribution >= 0.6 is 0 Å². The Hall–Kier alpha value is -2.94. The molecule has 0 saturated heterocycles. The molecule has 2 unspecified atom stereocenters. The molecule has 2 heterocycles. The lowest BCUT2D eigenvalue weighted by Crippen LogP contribution is -2.43. The number of nitrogens with two attached hydrogens (primary N) is 3. The van der Waals surface area contributed by atoms with E-state index in [0.717, 1.165) is 31.7 Å². The summed E-state index contributed by atoms with van der Waals surface area (Å²) in [5, 5.41) is 5.98. The number of hydrogen-bond acceptors (Lipinski definition) is 7. The molecule has 1 aliphatic rings. The van der Waals surface area contributed by atoms with Crippen molar-refractivity contribution in [1.82, 2.24) is 9.97 Å². The van der Waals surface area contributed by atoms with Crippen LogP contribution in [0.1, 0.15) is 36.0 Å². The summed E-state index contributed by atoms with van der Waals surface area (Å²) in [6.45, 7) is 0. The molecule has 1 fully saturated rings. The molecular weight excluding hydrogens is 337 g/mol. The van der Waals surface area contributed by atoms with Gasteiger partial charge in [-0.2, -0.15) is 0 Å². The van der Waals surface area contributed by atoms with Crippen LogP contribution in [0.2, 0.25) is 0 Å². The Morgan fingerprint density at radius 3 is 2.65 bits per heavy atom. The van der Waals surface area contributed by atoms with Gasteiger partial charge in [0.2, 0.25) is 0 Å². The Balaban J connectivity index is 1.92. The average molecular weight is 359 g/mol. The molecule has 138 valence electrons. The standard InChI is InChI=1S/C17H22FN7O/c18-12-6-11(15(21)26)16(23-10-5-9(19)7-22-8-10)25-17(12)24-14-4-2-1-3-13(14)20/h5-8,13-14H,1-4,19-20H2,(H2,21,26)(H2,23,24,25). The highest BCUT2D eigenvalue weighted by molar-refractivity contribution is 5.98. The Morgan fingerprint density at radius 1 is 1.19 bits per heavy atom. The smallest absolute Gasteiger partial charge is 0.252 e. The van der Waals surface area contributed by atoms with E-state index in [2.05, 4.69) is 20.6 Å². The number of anilines is 4. The topological polar surface area (TPSA) is 145 Å². The van der Waals surface area contributed by atoms with Crippen molar-refractivity contribution in [2.45, 2.75) is 37.8 Å². The van der Waals surface area contributed by atoms with Gasteiger partial charge in [-0.15, -0.1) is 0 Å². The second-order valence-electron chi connectivity index (χ2n) is 6.41. The molecule has 8 nitrogen and oxygen atoms in total. The number of nitrogen functional groups attached to an aromatic ring is 1. The third-order valence-electron chi connectivity index (χ3n) is 4.41. The average Bonchev–Trinajstić information content (AvgIpc) is 2.59. The summed E-state index contributed by atoms with van der Waals surface area (Å²) < 4.78 is 14.4. The molecule has 0 spiro atoms. The van der Waals surface area contributed by atoms with Crippen LogP contribution in [0.3, 0.4) is 0 Å². The number of halogens is 1. The van der Waals surface area contributed by atoms with Gasteiger partial charge in [0.25, 0.3) is 5.91 Å². The van der Waals surface area contributed by atoms with E-state index in [1.54, 1.807) is 6.07 Å². The van der Waals surface area contributed by atoms with Crippen molar-refractivity contribution < 1.29 is 9.18 Å². The van der Waals surface area contributed by atoms with E-state index in [1.807, 2.05) is 0 Å². The van der Waals surface area contributed by atoms with Gasteiger partial charge >= 0.3 is 0 Å². The van der Waals surface area contributed by atoms with Gasteiger partial charge < -0.3 is 27.8 Å². The van der Waals surface area contributed by atoms with E-state index in [1.165, 1.54) is 12.4 Å². The number of rotatable bonds is 5. The Bertz CT molecular complexity index is 814. The number of carbonyl (C=O) groups excluding carboxylic acids is 1. The van der Waals surface area contributed by atoms with Crippen molar-refractivity contribution >= 4 is 28.9 Å². The van der Waals surface area contributed by atoms with Crippen molar-refractivity contribution in [2.24, 2.45) is 11.5 Å². The normalized spacial score (nSPS) is 19.8. The fourth-order valence-corrected chi connectivity index (χ4v) is 3.05. The van der Waals surface area contributed by atoms with Crippen LogP contribution in [0.5, 0.6) is 0 Å². The molecule has 1 saturated carbocycles. The molecule has 0 aliphatic heterocycles. The first kappa shape index (κ1) is 17.9. The maximum absolute atomic E-state index is 14.4. The quantitative estimate of drug-likeness (QED) is 0.546. The lowest BCUT2D eigenvalue weighted by molar-refractivity contribution is 0.100. The van der Waals surface area contributed by atoms with Crippen LogP contribution in [-0.2, 0) is 0 Å². The first-order chi connectivity index (χ1) is 12.4. The lowest BCUT2D eigenvalue weighted by Gasteiger charge is -2.30. The van der Waals surface area contributed by atoms with E-state index in [4.69, 9.17) is 17.2 Å². The first-order valence-corrected chi connectivity index (χ1v) is 8.44. The largest absolute Gasteiger partial charge is 0.397 e. The SMILES string of the molecule is NC(=O)c1cc(F)c(NC2CCCCC2N)nc1Nc1cncc(N)c1. The summed E-state index contributed by atoms with van der Waals surface area (Å²) in [6.07, 6.45) is 6.78. The Labute approximate surface area is 150 Å². The molecule has 1 amide bonds. The second-order valence-corrected chi connectivity index (χ2v) is 6.41. The summed E-state index contributed by atoms with van der Waals surface area (Å²) in [6, 6.07) is 2.53. The maximum atomic E-state index is 14.4. The van der Waals surface area contributed by atoms with Gasteiger partial charge in [-0.1, -0.05) is 12.8 Å². The molecular formula is C17H22FN7O. The number of carbonyl (C=O) groups is 1. The summed E-state index contributed by atoms with van der Waals surface area (Å²) in [5.41, 5.74) is 18.0. The monoisotopic (exact) mass is 359 g/mol. The zero-order valence-corrected chi connectivity index (χ0v) is 14.2. The molecule has 1 aliphatic carbocycles. The number of nitrogens with zero attached hydrogens (tertiary/aromatic N) is 2. The van der Waals surface area contributed by atoms with Crippen LogP contribution in [-0.4, -0.2) is 28.0 Å².